The Balaban J connectivity index is 1.04. The van der Waals surface area contributed by atoms with Gasteiger partial charge in [-0.25, -0.2) is 18.7 Å². The average Bonchev–Trinajstić information content (AvgIpc) is 3.54. The van der Waals surface area contributed by atoms with Crippen molar-refractivity contribution in [2.45, 2.75) is 13.0 Å². The SMILES string of the molecule is O=C(Cn1cc(Nc2ncnc3cc(OCCCN4C(=O)c5ccccc5C4=O)ccc23)cn1)Nc1cccc(F)c1F. The number of benzene rings is 3. The smallest absolute Gasteiger partial charge is 0.261 e. The highest BCUT2D eigenvalue weighted by molar-refractivity contribution is 6.21. The van der Waals surface area contributed by atoms with E-state index >= 15 is 0 Å². The van der Waals surface area contributed by atoms with Crippen LogP contribution in [-0.4, -0.2) is 55.5 Å². The van der Waals surface area contributed by atoms with E-state index < -0.39 is 17.5 Å². The summed E-state index contributed by atoms with van der Waals surface area (Å²) < 4.78 is 34.4. The highest BCUT2D eigenvalue weighted by Crippen LogP contribution is 2.27. The van der Waals surface area contributed by atoms with Gasteiger partial charge >= 0.3 is 0 Å². The van der Waals surface area contributed by atoms with Crippen LogP contribution in [0.3, 0.4) is 0 Å². The lowest BCUT2D eigenvalue weighted by Gasteiger charge is -2.14. The monoisotopic (exact) mass is 583 g/mol. The van der Waals surface area contributed by atoms with Crippen LogP contribution in [0, 0.1) is 11.6 Å². The van der Waals surface area contributed by atoms with E-state index in [2.05, 4.69) is 25.7 Å². The second-order valence-corrected chi connectivity index (χ2v) is 9.61. The molecular formula is C30H23F2N7O4. The normalized spacial score (nSPS) is 12.5. The summed E-state index contributed by atoms with van der Waals surface area (Å²) in [5, 5.41) is 10.3. The molecule has 0 unspecified atom stereocenters. The molecule has 6 rings (SSSR count). The summed E-state index contributed by atoms with van der Waals surface area (Å²) in [5.41, 5.74) is 1.73. The number of aromatic nitrogens is 4. The number of hydrogen-bond donors (Lipinski definition) is 2. The van der Waals surface area contributed by atoms with Gasteiger partial charge in [0.2, 0.25) is 5.91 Å². The molecule has 11 nitrogen and oxygen atoms in total. The van der Waals surface area contributed by atoms with Gasteiger partial charge in [0.1, 0.15) is 24.4 Å². The fourth-order valence-corrected chi connectivity index (χ4v) is 4.67. The van der Waals surface area contributed by atoms with Gasteiger partial charge in [-0.2, -0.15) is 5.10 Å². The maximum absolute atomic E-state index is 13.8. The highest BCUT2D eigenvalue weighted by Gasteiger charge is 2.34. The Morgan fingerprint density at radius 3 is 2.53 bits per heavy atom. The third-order valence-electron chi connectivity index (χ3n) is 6.71. The first-order valence-electron chi connectivity index (χ1n) is 13.2. The fraction of sp³-hybridized carbons (Fsp3) is 0.133. The van der Waals surface area contributed by atoms with Crippen LogP contribution in [0.4, 0.5) is 26.0 Å². The number of imide groups is 1. The zero-order valence-electron chi connectivity index (χ0n) is 22.5. The molecule has 216 valence electrons. The quantitative estimate of drug-likeness (QED) is 0.181. The number of carbonyl (C=O) groups is 3. The molecule has 3 aromatic carbocycles. The van der Waals surface area contributed by atoms with E-state index in [4.69, 9.17) is 4.74 Å². The van der Waals surface area contributed by atoms with Crippen LogP contribution in [0.25, 0.3) is 10.9 Å². The molecule has 0 fully saturated rings. The van der Waals surface area contributed by atoms with Gasteiger partial charge in [-0.05, 0) is 42.8 Å². The van der Waals surface area contributed by atoms with E-state index in [1.54, 1.807) is 48.7 Å². The molecule has 0 saturated carbocycles. The maximum atomic E-state index is 13.8. The summed E-state index contributed by atoms with van der Waals surface area (Å²) in [5.74, 6) is -2.31. The Hall–Kier alpha value is -5.72. The largest absolute Gasteiger partial charge is 0.493 e. The molecule has 0 radical (unpaired) electrons. The first kappa shape index (κ1) is 27.4. The minimum absolute atomic E-state index is 0.226. The Labute approximate surface area is 243 Å². The van der Waals surface area contributed by atoms with Crippen molar-refractivity contribution < 1.29 is 27.9 Å². The molecule has 1 aliphatic heterocycles. The second kappa shape index (κ2) is 11.6. The average molecular weight is 584 g/mol. The van der Waals surface area contributed by atoms with E-state index in [9.17, 15) is 23.2 Å². The number of amides is 3. The van der Waals surface area contributed by atoms with Crippen molar-refractivity contribution in [2.24, 2.45) is 0 Å². The number of anilines is 3. The Kier molecular flexibility index (Phi) is 7.43. The standard InChI is InChI=1S/C30H23F2N7O4/c31-23-7-3-8-24(27(23)32)37-26(40)16-38-15-18(14-35-38)36-28-22-10-9-19(13-25(22)33-17-34-28)43-12-4-11-39-29(41)20-5-1-2-6-21(20)30(39)42/h1-3,5-10,13-15,17H,4,11-12,16H2,(H,37,40)(H,33,34,36). The van der Waals surface area contributed by atoms with Crippen molar-refractivity contribution in [3.63, 3.8) is 0 Å². The van der Waals surface area contributed by atoms with Gasteiger partial charge < -0.3 is 15.4 Å². The molecule has 0 atom stereocenters. The number of ether oxygens (including phenoxy) is 1. The zero-order chi connectivity index (χ0) is 29.9. The van der Waals surface area contributed by atoms with Gasteiger partial charge in [-0.15, -0.1) is 0 Å². The lowest BCUT2D eigenvalue weighted by molar-refractivity contribution is -0.116. The van der Waals surface area contributed by atoms with E-state index in [0.717, 1.165) is 6.07 Å². The summed E-state index contributed by atoms with van der Waals surface area (Å²) >= 11 is 0. The number of carbonyl (C=O) groups excluding carboxylic acids is 3. The number of hydrogen-bond acceptors (Lipinski definition) is 8. The van der Waals surface area contributed by atoms with Crippen LogP contribution in [0.1, 0.15) is 27.1 Å². The van der Waals surface area contributed by atoms with Gasteiger partial charge in [0.15, 0.2) is 11.6 Å². The first-order valence-corrected chi connectivity index (χ1v) is 13.2. The minimum atomic E-state index is -1.13. The van der Waals surface area contributed by atoms with Crippen LogP contribution in [0.2, 0.25) is 0 Å². The summed E-state index contributed by atoms with van der Waals surface area (Å²) in [6.07, 6.45) is 4.92. The maximum Gasteiger partial charge on any atom is 0.261 e. The van der Waals surface area contributed by atoms with Crippen LogP contribution in [0.5, 0.6) is 5.75 Å². The van der Waals surface area contributed by atoms with Gasteiger partial charge in [0.25, 0.3) is 11.8 Å². The third-order valence-corrected chi connectivity index (χ3v) is 6.71. The van der Waals surface area contributed by atoms with Crippen molar-refractivity contribution >= 4 is 45.8 Å². The van der Waals surface area contributed by atoms with Crippen LogP contribution in [0.15, 0.2) is 79.4 Å². The molecular weight excluding hydrogens is 560 g/mol. The Morgan fingerprint density at radius 1 is 0.953 bits per heavy atom. The summed E-state index contributed by atoms with van der Waals surface area (Å²) in [4.78, 5) is 47.2. The number of halogens is 2. The predicted molar refractivity (Wildman–Crippen MR) is 152 cm³/mol. The topological polar surface area (TPSA) is 131 Å². The molecule has 3 heterocycles. The predicted octanol–water partition coefficient (Wildman–Crippen LogP) is 4.55. The van der Waals surface area contributed by atoms with E-state index in [1.165, 1.54) is 34.2 Å². The van der Waals surface area contributed by atoms with Crippen molar-refractivity contribution in [3.05, 3.63) is 102 Å². The van der Waals surface area contributed by atoms with Gasteiger partial charge in [-0.1, -0.05) is 18.2 Å². The van der Waals surface area contributed by atoms with Crippen molar-refractivity contribution in [2.75, 3.05) is 23.8 Å². The van der Waals surface area contributed by atoms with Gasteiger partial charge in [0, 0.05) is 24.2 Å². The summed E-state index contributed by atoms with van der Waals surface area (Å²) in [7, 11) is 0. The number of nitrogens with zero attached hydrogens (tertiary/aromatic N) is 5. The molecule has 0 spiro atoms. The number of fused-ring (bicyclic) bond motifs is 2. The molecule has 2 N–H and O–H groups in total. The Morgan fingerprint density at radius 2 is 1.74 bits per heavy atom. The fourth-order valence-electron chi connectivity index (χ4n) is 4.67. The molecule has 0 bridgehead atoms. The number of rotatable bonds is 10. The molecule has 2 aromatic heterocycles. The van der Waals surface area contributed by atoms with E-state index in [1.807, 2.05) is 0 Å². The van der Waals surface area contributed by atoms with Crippen LogP contribution >= 0.6 is 0 Å². The minimum Gasteiger partial charge on any atom is -0.493 e. The second-order valence-electron chi connectivity index (χ2n) is 9.61. The Bertz CT molecular complexity index is 1840. The molecule has 1 aliphatic rings. The summed E-state index contributed by atoms with van der Waals surface area (Å²) in [6.45, 7) is 0.302. The van der Waals surface area contributed by atoms with Crippen LogP contribution in [-0.2, 0) is 11.3 Å². The lowest BCUT2D eigenvalue weighted by Crippen LogP contribution is -2.31. The van der Waals surface area contributed by atoms with Crippen molar-refractivity contribution in [1.29, 1.82) is 0 Å². The van der Waals surface area contributed by atoms with E-state index in [-0.39, 0.29) is 37.2 Å². The molecule has 5 aromatic rings. The van der Waals surface area contributed by atoms with Crippen molar-refractivity contribution in [1.82, 2.24) is 24.6 Å². The molecule has 13 heteroatoms. The molecule has 0 aliphatic carbocycles. The highest BCUT2D eigenvalue weighted by atomic mass is 19.2. The van der Waals surface area contributed by atoms with Crippen molar-refractivity contribution in [3.8, 4) is 5.75 Å². The molecule has 43 heavy (non-hydrogen) atoms. The molecule has 3 amide bonds. The third kappa shape index (κ3) is 5.73. The lowest BCUT2D eigenvalue weighted by atomic mass is 10.1. The van der Waals surface area contributed by atoms with Crippen LogP contribution < -0.4 is 15.4 Å². The zero-order valence-corrected chi connectivity index (χ0v) is 22.5. The molecule has 0 saturated heterocycles. The van der Waals surface area contributed by atoms with Gasteiger partial charge in [-0.3, -0.25) is 24.0 Å². The first-order chi connectivity index (χ1) is 20.9. The van der Waals surface area contributed by atoms with Gasteiger partial charge in [0.05, 0.1) is 40.8 Å². The summed E-state index contributed by atoms with van der Waals surface area (Å²) in [6, 6.07) is 15.6. The number of nitrogens with one attached hydrogen (secondary N) is 2. The van der Waals surface area contributed by atoms with E-state index in [0.29, 0.717) is 45.7 Å².